The van der Waals surface area contributed by atoms with Crippen LogP contribution in [0.5, 0.6) is 0 Å². The fraction of sp³-hybridized carbons (Fsp3) is 0.705. The van der Waals surface area contributed by atoms with Crippen LogP contribution < -0.4 is 16.0 Å². The fourth-order valence-electron chi connectivity index (χ4n) is 6.41. The summed E-state index contributed by atoms with van der Waals surface area (Å²) in [4.78, 5) is 67.2. The van der Waals surface area contributed by atoms with Crippen LogP contribution in [0.3, 0.4) is 0 Å². The molecule has 1 aromatic carbocycles. The van der Waals surface area contributed by atoms with Gasteiger partial charge in [0.25, 0.3) is 11.8 Å². The molecule has 1 aliphatic rings. The summed E-state index contributed by atoms with van der Waals surface area (Å²) in [6, 6.07) is 6.04. The molecule has 1 aliphatic heterocycles. The van der Waals surface area contributed by atoms with Crippen molar-refractivity contribution in [2.24, 2.45) is 22.2 Å². The highest BCUT2D eigenvalue weighted by molar-refractivity contribution is 6.20. The zero-order valence-corrected chi connectivity index (χ0v) is 36.8. The third-order valence-electron chi connectivity index (χ3n) is 9.60. The Balaban J connectivity index is 1.82. The van der Waals surface area contributed by atoms with E-state index in [-0.39, 0.29) is 54.5 Å². The predicted octanol–water partition coefficient (Wildman–Crippen LogP) is 7.38. The maximum atomic E-state index is 13.4. The first-order chi connectivity index (χ1) is 24.9. The maximum Gasteiger partial charge on any atom is 0.257 e. The lowest BCUT2D eigenvalue weighted by Crippen LogP contribution is -2.53. The van der Waals surface area contributed by atoms with Crippen LogP contribution in [0.15, 0.2) is 35.4 Å². The van der Waals surface area contributed by atoms with Gasteiger partial charge in [0.15, 0.2) is 0 Å². The van der Waals surface area contributed by atoms with Crippen molar-refractivity contribution in [2.75, 3.05) is 25.1 Å². The largest absolute Gasteiger partial charge is 0.375 e. The molecule has 11 nitrogen and oxygen atoms in total. The first-order valence-electron chi connectivity index (χ1n) is 19.8. The number of carbonyl (C=O) groups is 5. The third kappa shape index (κ3) is 15.1. The number of imide groups is 1. The molecule has 55 heavy (non-hydrogen) atoms. The second-order valence-electron chi connectivity index (χ2n) is 19.9. The Hall–Kier alpha value is -3.57. The molecule has 0 aliphatic carbocycles. The summed E-state index contributed by atoms with van der Waals surface area (Å²) in [6.45, 7) is 32.1. The molecule has 5 amide bonds. The molecule has 0 bridgehead atoms. The van der Waals surface area contributed by atoms with E-state index in [2.05, 4.69) is 36.7 Å². The molecule has 1 aromatic rings. The number of hydrogen-bond donors (Lipinski definition) is 3. The van der Waals surface area contributed by atoms with Gasteiger partial charge in [-0.15, -0.1) is 0 Å². The molecule has 0 spiro atoms. The smallest absolute Gasteiger partial charge is 0.257 e. The molecule has 1 heterocycles. The number of anilines is 1. The third-order valence-corrected chi connectivity index (χ3v) is 9.60. The SMILES string of the molecule is CC(C)C(NC(=O)CCOC(C)(C)CCOC(C)(C)CCN1C(=O)C(C(C)(C)C)=C(C(C)(C)C)C1=O)C(=O)N[C@@H](C)C(=O)Nc1ccc(CC(C)(C)C)cc1. The Kier molecular flexibility index (Phi) is 16.1. The Morgan fingerprint density at radius 1 is 0.673 bits per heavy atom. The van der Waals surface area contributed by atoms with Crippen molar-refractivity contribution >= 4 is 35.2 Å². The van der Waals surface area contributed by atoms with Gasteiger partial charge in [-0.05, 0) is 93.7 Å². The number of nitrogens with one attached hydrogen (secondary N) is 3. The predicted molar refractivity (Wildman–Crippen MR) is 219 cm³/mol. The summed E-state index contributed by atoms with van der Waals surface area (Å²) >= 11 is 0. The van der Waals surface area contributed by atoms with E-state index in [0.717, 1.165) is 6.42 Å². The molecule has 0 aromatic heterocycles. The summed E-state index contributed by atoms with van der Waals surface area (Å²) in [6.07, 6.45) is 1.98. The molecule has 1 unspecified atom stereocenters. The van der Waals surface area contributed by atoms with Gasteiger partial charge < -0.3 is 25.4 Å². The molecule has 0 fully saturated rings. The Labute approximate surface area is 331 Å². The molecule has 2 atom stereocenters. The van der Waals surface area contributed by atoms with E-state index in [1.165, 1.54) is 10.5 Å². The van der Waals surface area contributed by atoms with Gasteiger partial charge in [0.2, 0.25) is 17.7 Å². The van der Waals surface area contributed by atoms with Crippen LogP contribution in [0, 0.1) is 22.2 Å². The topological polar surface area (TPSA) is 143 Å². The number of benzene rings is 1. The second kappa shape index (κ2) is 18.6. The zero-order chi connectivity index (χ0) is 42.3. The first kappa shape index (κ1) is 47.6. The quantitative estimate of drug-likeness (QED) is 0.132. The lowest BCUT2D eigenvalue weighted by molar-refractivity contribution is -0.139. The Morgan fingerprint density at radius 2 is 1.16 bits per heavy atom. The fourth-order valence-corrected chi connectivity index (χ4v) is 6.41. The number of carbonyl (C=O) groups excluding carboxylic acids is 5. The van der Waals surface area contributed by atoms with Crippen molar-refractivity contribution < 1.29 is 33.4 Å². The first-order valence-corrected chi connectivity index (χ1v) is 19.8. The number of nitrogens with zero attached hydrogens (tertiary/aromatic N) is 1. The minimum Gasteiger partial charge on any atom is -0.375 e. The van der Waals surface area contributed by atoms with Gasteiger partial charge >= 0.3 is 0 Å². The number of amides is 5. The van der Waals surface area contributed by atoms with E-state index >= 15 is 0 Å². The van der Waals surface area contributed by atoms with Gasteiger partial charge in [-0.2, -0.15) is 0 Å². The number of ether oxygens (including phenoxy) is 2. The number of rotatable bonds is 18. The molecular formula is C44H72N4O7. The van der Waals surface area contributed by atoms with Crippen molar-refractivity contribution in [3.63, 3.8) is 0 Å². The van der Waals surface area contributed by atoms with E-state index in [1.807, 2.05) is 107 Å². The molecule has 310 valence electrons. The average molecular weight is 769 g/mol. The van der Waals surface area contributed by atoms with Crippen LogP contribution in [0.2, 0.25) is 0 Å². The highest BCUT2D eigenvalue weighted by Crippen LogP contribution is 2.42. The van der Waals surface area contributed by atoms with Gasteiger partial charge in [-0.25, -0.2) is 0 Å². The van der Waals surface area contributed by atoms with Gasteiger partial charge in [0.1, 0.15) is 12.1 Å². The van der Waals surface area contributed by atoms with Gasteiger partial charge in [-0.1, -0.05) is 88.3 Å². The van der Waals surface area contributed by atoms with Crippen molar-refractivity contribution in [1.82, 2.24) is 15.5 Å². The normalized spacial score (nSPS) is 15.8. The zero-order valence-electron chi connectivity index (χ0n) is 36.8. The van der Waals surface area contributed by atoms with Crippen LogP contribution in [-0.4, -0.2) is 77.5 Å². The molecule has 11 heteroatoms. The Morgan fingerprint density at radius 3 is 1.64 bits per heavy atom. The molecular weight excluding hydrogens is 697 g/mol. The average Bonchev–Trinajstić information content (AvgIpc) is 3.28. The highest BCUT2D eigenvalue weighted by Gasteiger charge is 2.47. The highest BCUT2D eigenvalue weighted by atomic mass is 16.5. The van der Waals surface area contributed by atoms with Crippen molar-refractivity contribution in [3.05, 3.63) is 41.0 Å². The summed E-state index contributed by atoms with van der Waals surface area (Å²) in [7, 11) is 0. The van der Waals surface area contributed by atoms with Crippen molar-refractivity contribution in [1.29, 1.82) is 0 Å². The standard InChI is InChI=1S/C44H72N4O7/c1-28(2)35(37(51)45-29(3)36(50)46-31-19-17-30(18-20-31)27-40(4,5)6)47-32(49)21-25-54-44(15,16)23-26-55-43(13,14)22-24-48-38(52)33(41(7,8)9)34(39(48)53)42(10,11)12/h17-20,28-29,35H,21-27H2,1-16H3,(H,45,51)(H,46,50)(H,47,49)/t29-,35?/m0/s1. The monoisotopic (exact) mass is 769 g/mol. The summed E-state index contributed by atoms with van der Waals surface area (Å²) < 4.78 is 12.3. The van der Waals surface area contributed by atoms with Crippen LogP contribution in [0.1, 0.15) is 136 Å². The summed E-state index contributed by atoms with van der Waals surface area (Å²) in [5, 5.41) is 8.40. The number of hydrogen-bond acceptors (Lipinski definition) is 7. The molecule has 3 N–H and O–H groups in total. The van der Waals surface area contributed by atoms with E-state index in [1.54, 1.807) is 6.92 Å². The van der Waals surface area contributed by atoms with E-state index in [0.29, 0.717) is 36.3 Å². The van der Waals surface area contributed by atoms with Crippen LogP contribution in [-0.2, 0) is 39.9 Å². The molecule has 0 radical (unpaired) electrons. The van der Waals surface area contributed by atoms with Crippen molar-refractivity contribution in [2.45, 2.75) is 160 Å². The van der Waals surface area contributed by atoms with E-state index in [9.17, 15) is 24.0 Å². The maximum absolute atomic E-state index is 13.4. The lowest BCUT2D eigenvalue weighted by Gasteiger charge is -2.31. The van der Waals surface area contributed by atoms with Gasteiger partial charge in [0, 0.05) is 23.4 Å². The molecule has 0 saturated carbocycles. The second-order valence-corrected chi connectivity index (χ2v) is 19.9. The van der Waals surface area contributed by atoms with Crippen LogP contribution in [0.25, 0.3) is 0 Å². The summed E-state index contributed by atoms with van der Waals surface area (Å²) in [5.74, 6) is -1.78. The minimum atomic E-state index is -0.829. The van der Waals surface area contributed by atoms with Crippen LogP contribution >= 0.6 is 0 Å². The summed E-state index contributed by atoms with van der Waals surface area (Å²) in [5.41, 5.74) is 1.03. The van der Waals surface area contributed by atoms with Crippen LogP contribution in [0.4, 0.5) is 5.69 Å². The lowest BCUT2D eigenvalue weighted by atomic mass is 9.76. The van der Waals surface area contributed by atoms with Gasteiger partial charge in [-0.3, -0.25) is 28.9 Å². The van der Waals surface area contributed by atoms with E-state index in [4.69, 9.17) is 9.47 Å². The Bertz CT molecular complexity index is 1520. The van der Waals surface area contributed by atoms with Gasteiger partial charge in [0.05, 0.1) is 30.8 Å². The van der Waals surface area contributed by atoms with E-state index < -0.39 is 40.0 Å². The minimum absolute atomic E-state index is 0.0482. The van der Waals surface area contributed by atoms with Crippen molar-refractivity contribution in [3.8, 4) is 0 Å². The molecule has 0 saturated heterocycles. The molecule has 2 rings (SSSR count).